The molecule has 1 heterocycles. The zero-order chi connectivity index (χ0) is 13.1. The monoisotopic (exact) mass is 283 g/mol. The van der Waals surface area contributed by atoms with Crippen LogP contribution in [0.4, 0.5) is 4.39 Å². The molecule has 0 atom stereocenters. The van der Waals surface area contributed by atoms with E-state index in [4.69, 9.17) is 16.7 Å². The first-order valence-electron chi connectivity index (χ1n) is 4.89. The minimum Gasteiger partial charge on any atom is -0.478 e. The number of aromatic carboxylic acids is 1. The molecule has 0 amide bonds. The Labute approximate surface area is 112 Å². The molecule has 0 saturated heterocycles. The van der Waals surface area contributed by atoms with Gasteiger partial charge in [0.15, 0.2) is 0 Å². The standard InChI is InChI=1S/C12H7ClFNO2S/c13-10-5-4-9(12(16)17)11(15-10)18-8-3-1-2-7(14)6-8/h1-6H,(H,16,17). The van der Waals surface area contributed by atoms with Crippen molar-refractivity contribution in [3.05, 3.63) is 52.9 Å². The van der Waals surface area contributed by atoms with E-state index in [1.165, 1.54) is 24.3 Å². The van der Waals surface area contributed by atoms with E-state index in [9.17, 15) is 9.18 Å². The highest BCUT2D eigenvalue weighted by molar-refractivity contribution is 7.99. The molecule has 1 aromatic heterocycles. The Morgan fingerprint density at radius 2 is 2.11 bits per heavy atom. The minimum atomic E-state index is -1.10. The molecule has 0 fully saturated rings. The van der Waals surface area contributed by atoms with Gasteiger partial charge in [-0.1, -0.05) is 29.4 Å². The first-order valence-corrected chi connectivity index (χ1v) is 6.09. The van der Waals surface area contributed by atoms with Crippen molar-refractivity contribution in [1.29, 1.82) is 0 Å². The Hall–Kier alpha value is -1.59. The highest BCUT2D eigenvalue weighted by Crippen LogP contribution is 2.30. The first-order chi connectivity index (χ1) is 8.56. The lowest BCUT2D eigenvalue weighted by Crippen LogP contribution is -2.00. The number of rotatable bonds is 3. The van der Waals surface area contributed by atoms with Crippen LogP contribution in [0.5, 0.6) is 0 Å². The molecule has 0 radical (unpaired) electrons. The van der Waals surface area contributed by atoms with E-state index in [2.05, 4.69) is 4.98 Å². The molecule has 0 aliphatic carbocycles. The summed E-state index contributed by atoms with van der Waals surface area (Å²) in [5, 5.41) is 9.45. The number of carboxylic acid groups (broad SMARTS) is 1. The van der Waals surface area contributed by atoms with Crippen molar-refractivity contribution in [3.8, 4) is 0 Å². The van der Waals surface area contributed by atoms with Crippen molar-refractivity contribution < 1.29 is 14.3 Å². The summed E-state index contributed by atoms with van der Waals surface area (Å²) in [4.78, 5) is 15.5. The molecule has 2 rings (SSSR count). The summed E-state index contributed by atoms with van der Waals surface area (Å²) in [7, 11) is 0. The average Bonchev–Trinajstić information content (AvgIpc) is 2.28. The van der Waals surface area contributed by atoms with Crippen LogP contribution in [-0.2, 0) is 0 Å². The van der Waals surface area contributed by atoms with Crippen LogP contribution >= 0.6 is 23.4 Å². The van der Waals surface area contributed by atoms with Crippen LogP contribution in [0.1, 0.15) is 10.4 Å². The molecule has 92 valence electrons. The maximum absolute atomic E-state index is 13.0. The second kappa shape index (κ2) is 5.37. The van der Waals surface area contributed by atoms with Crippen LogP contribution in [0, 0.1) is 5.82 Å². The van der Waals surface area contributed by atoms with Gasteiger partial charge in [-0.2, -0.15) is 0 Å². The molecule has 1 aromatic carbocycles. The summed E-state index contributed by atoms with van der Waals surface area (Å²) in [5.74, 6) is -1.49. The molecule has 18 heavy (non-hydrogen) atoms. The number of pyridine rings is 1. The Morgan fingerprint density at radius 1 is 1.33 bits per heavy atom. The average molecular weight is 284 g/mol. The van der Waals surface area contributed by atoms with E-state index in [0.29, 0.717) is 4.90 Å². The number of aromatic nitrogens is 1. The summed E-state index contributed by atoms with van der Waals surface area (Å²) < 4.78 is 13.0. The number of hydrogen-bond acceptors (Lipinski definition) is 3. The minimum absolute atomic E-state index is 0.0358. The summed E-state index contributed by atoms with van der Waals surface area (Å²) in [5.41, 5.74) is 0.0358. The van der Waals surface area contributed by atoms with Crippen LogP contribution in [0.15, 0.2) is 46.3 Å². The third kappa shape index (κ3) is 3.00. The number of carbonyl (C=O) groups is 1. The first kappa shape index (κ1) is 12.9. The Morgan fingerprint density at radius 3 is 2.78 bits per heavy atom. The van der Waals surface area contributed by atoms with Crippen LogP contribution < -0.4 is 0 Å². The summed E-state index contributed by atoms with van der Waals surface area (Å²) >= 11 is 6.78. The van der Waals surface area contributed by atoms with Crippen LogP contribution in [0.2, 0.25) is 5.15 Å². The molecule has 0 bridgehead atoms. The molecular formula is C12H7ClFNO2S. The molecule has 0 spiro atoms. The van der Waals surface area contributed by atoms with Gasteiger partial charge in [0.05, 0.1) is 5.56 Å². The summed E-state index contributed by atoms with van der Waals surface area (Å²) in [6, 6.07) is 8.61. The fraction of sp³-hybridized carbons (Fsp3) is 0. The van der Waals surface area contributed by atoms with E-state index in [0.717, 1.165) is 11.8 Å². The van der Waals surface area contributed by atoms with Gasteiger partial charge in [-0.25, -0.2) is 14.2 Å². The topological polar surface area (TPSA) is 50.2 Å². The molecule has 3 nitrogen and oxygen atoms in total. The van der Waals surface area contributed by atoms with Gasteiger partial charge in [-0.05, 0) is 30.3 Å². The third-order valence-electron chi connectivity index (χ3n) is 2.07. The third-order valence-corrected chi connectivity index (χ3v) is 3.27. The van der Waals surface area contributed by atoms with Crippen molar-refractivity contribution in [2.75, 3.05) is 0 Å². The lowest BCUT2D eigenvalue weighted by molar-refractivity contribution is 0.0692. The van der Waals surface area contributed by atoms with Crippen molar-refractivity contribution >= 4 is 29.3 Å². The second-order valence-corrected chi connectivity index (χ2v) is 4.80. The van der Waals surface area contributed by atoms with Gasteiger partial charge >= 0.3 is 5.97 Å². The number of carboxylic acids is 1. The molecule has 6 heteroatoms. The van der Waals surface area contributed by atoms with Gasteiger partial charge in [0.1, 0.15) is 16.0 Å². The SMILES string of the molecule is O=C(O)c1ccc(Cl)nc1Sc1cccc(F)c1. The molecule has 1 N–H and O–H groups in total. The quantitative estimate of drug-likeness (QED) is 0.872. The molecule has 0 unspecified atom stereocenters. The molecule has 2 aromatic rings. The van der Waals surface area contributed by atoms with Crippen molar-refractivity contribution in [3.63, 3.8) is 0 Å². The van der Waals surface area contributed by atoms with E-state index in [-0.39, 0.29) is 21.6 Å². The Bertz CT molecular complexity index is 606. The zero-order valence-corrected chi connectivity index (χ0v) is 10.5. The van der Waals surface area contributed by atoms with Gasteiger partial charge in [0.2, 0.25) is 0 Å². The largest absolute Gasteiger partial charge is 0.478 e. The predicted octanol–water partition coefficient (Wildman–Crippen LogP) is 3.72. The van der Waals surface area contributed by atoms with Gasteiger partial charge in [0.25, 0.3) is 0 Å². The lowest BCUT2D eigenvalue weighted by Gasteiger charge is -2.05. The van der Waals surface area contributed by atoms with Gasteiger partial charge < -0.3 is 5.11 Å². The maximum Gasteiger partial charge on any atom is 0.338 e. The smallest absolute Gasteiger partial charge is 0.338 e. The van der Waals surface area contributed by atoms with Crippen molar-refractivity contribution in [2.45, 2.75) is 9.92 Å². The normalized spacial score (nSPS) is 10.3. The van der Waals surface area contributed by atoms with Gasteiger partial charge in [0, 0.05) is 4.90 Å². The molecule has 0 aliphatic rings. The van der Waals surface area contributed by atoms with E-state index < -0.39 is 5.97 Å². The highest BCUT2D eigenvalue weighted by atomic mass is 35.5. The fourth-order valence-electron chi connectivity index (χ4n) is 1.30. The van der Waals surface area contributed by atoms with Crippen LogP contribution in [0.3, 0.4) is 0 Å². The van der Waals surface area contributed by atoms with Gasteiger partial charge in [-0.3, -0.25) is 0 Å². The number of nitrogens with zero attached hydrogens (tertiary/aromatic N) is 1. The van der Waals surface area contributed by atoms with E-state index in [1.807, 2.05) is 0 Å². The Kier molecular flexibility index (Phi) is 3.84. The predicted molar refractivity (Wildman–Crippen MR) is 66.7 cm³/mol. The van der Waals surface area contributed by atoms with Crippen molar-refractivity contribution in [2.24, 2.45) is 0 Å². The lowest BCUT2D eigenvalue weighted by atomic mass is 10.3. The van der Waals surface area contributed by atoms with E-state index >= 15 is 0 Å². The second-order valence-electron chi connectivity index (χ2n) is 3.35. The van der Waals surface area contributed by atoms with Crippen molar-refractivity contribution in [1.82, 2.24) is 4.98 Å². The number of hydrogen-bond donors (Lipinski definition) is 1. The van der Waals surface area contributed by atoms with Crippen LogP contribution in [-0.4, -0.2) is 16.1 Å². The van der Waals surface area contributed by atoms with E-state index in [1.54, 1.807) is 12.1 Å². The number of benzene rings is 1. The summed E-state index contributed by atoms with van der Waals surface area (Å²) in [6.45, 7) is 0. The zero-order valence-electron chi connectivity index (χ0n) is 8.93. The highest BCUT2D eigenvalue weighted by Gasteiger charge is 2.13. The van der Waals surface area contributed by atoms with Crippen LogP contribution in [0.25, 0.3) is 0 Å². The van der Waals surface area contributed by atoms with Gasteiger partial charge in [-0.15, -0.1) is 0 Å². The molecule has 0 saturated carbocycles. The maximum atomic E-state index is 13.0. The number of halogens is 2. The molecule has 0 aliphatic heterocycles. The fourth-order valence-corrected chi connectivity index (χ4v) is 2.45. The Balaban J connectivity index is 2.39. The summed E-state index contributed by atoms with van der Waals surface area (Å²) in [6.07, 6.45) is 0. The molecular weight excluding hydrogens is 277 g/mol.